The zero-order valence-electron chi connectivity index (χ0n) is 11.3. The van der Waals surface area contributed by atoms with Crippen LogP contribution in [0.4, 0.5) is 8.78 Å². The third-order valence-electron chi connectivity index (χ3n) is 3.23. The predicted molar refractivity (Wildman–Crippen MR) is 67.7 cm³/mol. The summed E-state index contributed by atoms with van der Waals surface area (Å²) in [5.41, 5.74) is -0.701. The lowest BCUT2D eigenvalue weighted by molar-refractivity contribution is 0.0668. The number of nitrogens with zero attached hydrogens (tertiary/aromatic N) is 1. The summed E-state index contributed by atoms with van der Waals surface area (Å²) in [6.07, 6.45) is 0. The highest BCUT2D eigenvalue weighted by molar-refractivity contribution is 6.02. The standard InChI is InChI=1S/C14H19F2NO/c1-5-17(6-2)14(3,4)13(18)10-7-11(15)9-12(16)8-10/h7-9H,5-6H2,1-4H3. The minimum Gasteiger partial charge on any atom is -0.292 e. The van der Waals surface area contributed by atoms with Gasteiger partial charge in [0, 0.05) is 11.6 Å². The molecule has 0 fully saturated rings. The van der Waals surface area contributed by atoms with Gasteiger partial charge in [-0.15, -0.1) is 0 Å². The number of carbonyl (C=O) groups excluding carboxylic acids is 1. The van der Waals surface area contributed by atoms with Crippen molar-refractivity contribution in [3.8, 4) is 0 Å². The number of hydrogen-bond acceptors (Lipinski definition) is 2. The summed E-state index contributed by atoms with van der Waals surface area (Å²) in [4.78, 5) is 14.3. The SMILES string of the molecule is CCN(CC)C(C)(C)C(=O)c1cc(F)cc(F)c1. The van der Waals surface area contributed by atoms with E-state index in [1.165, 1.54) is 0 Å². The Kier molecular flexibility index (Phi) is 4.57. The van der Waals surface area contributed by atoms with Gasteiger partial charge in [0.1, 0.15) is 11.6 Å². The van der Waals surface area contributed by atoms with Gasteiger partial charge in [-0.2, -0.15) is 0 Å². The van der Waals surface area contributed by atoms with E-state index >= 15 is 0 Å². The molecule has 0 saturated carbocycles. The van der Waals surface area contributed by atoms with Gasteiger partial charge in [0.15, 0.2) is 5.78 Å². The van der Waals surface area contributed by atoms with Crippen LogP contribution in [0.15, 0.2) is 18.2 Å². The first kappa shape index (κ1) is 14.8. The number of rotatable bonds is 5. The highest BCUT2D eigenvalue weighted by Gasteiger charge is 2.33. The average molecular weight is 255 g/mol. The van der Waals surface area contributed by atoms with Gasteiger partial charge in [0.25, 0.3) is 0 Å². The fraction of sp³-hybridized carbons (Fsp3) is 0.500. The van der Waals surface area contributed by atoms with Crippen molar-refractivity contribution in [3.05, 3.63) is 35.4 Å². The molecule has 0 aliphatic rings. The van der Waals surface area contributed by atoms with Gasteiger partial charge in [0.2, 0.25) is 0 Å². The van der Waals surface area contributed by atoms with E-state index in [0.29, 0.717) is 13.1 Å². The molecule has 1 aromatic carbocycles. The van der Waals surface area contributed by atoms with Crippen molar-refractivity contribution in [2.24, 2.45) is 0 Å². The van der Waals surface area contributed by atoms with E-state index in [1.807, 2.05) is 18.7 Å². The quantitative estimate of drug-likeness (QED) is 0.753. The maximum atomic E-state index is 13.1. The Morgan fingerprint density at radius 2 is 1.56 bits per heavy atom. The molecule has 0 N–H and O–H groups in total. The zero-order valence-corrected chi connectivity index (χ0v) is 11.3. The van der Waals surface area contributed by atoms with Gasteiger partial charge >= 0.3 is 0 Å². The van der Waals surface area contributed by atoms with E-state index < -0.39 is 17.2 Å². The fourth-order valence-corrected chi connectivity index (χ4v) is 2.20. The second-order valence-corrected chi connectivity index (χ2v) is 4.72. The Morgan fingerprint density at radius 3 is 1.94 bits per heavy atom. The van der Waals surface area contributed by atoms with E-state index in [0.717, 1.165) is 18.2 Å². The third kappa shape index (κ3) is 2.93. The van der Waals surface area contributed by atoms with E-state index in [2.05, 4.69) is 0 Å². The van der Waals surface area contributed by atoms with Crippen LogP contribution in [-0.2, 0) is 0 Å². The number of likely N-dealkylation sites (N-methyl/N-ethyl adjacent to an activating group) is 1. The fourth-order valence-electron chi connectivity index (χ4n) is 2.20. The molecular formula is C14H19F2NO. The lowest BCUT2D eigenvalue weighted by Crippen LogP contribution is -2.49. The van der Waals surface area contributed by atoms with Crippen molar-refractivity contribution < 1.29 is 13.6 Å². The van der Waals surface area contributed by atoms with Crippen LogP contribution in [0.2, 0.25) is 0 Å². The Balaban J connectivity index is 3.12. The molecule has 1 rings (SSSR count). The lowest BCUT2D eigenvalue weighted by atomic mass is 9.91. The molecule has 0 saturated heterocycles. The molecule has 18 heavy (non-hydrogen) atoms. The molecule has 0 bridgehead atoms. The van der Waals surface area contributed by atoms with Gasteiger partial charge in [0.05, 0.1) is 5.54 Å². The molecule has 0 unspecified atom stereocenters. The molecular weight excluding hydrogens is 236 g/mol. The summed E-state index contributed by atoms with van der Waals surface area (Å²) in [6.45, 7) is 8.84. The number of hydrogen-bond donors (Lipinski definition) is 0. The molecule has 0 radical (unpaired) electrons. The second-order valence-electron chi connectivity index (χ2n) is 4.72. The minimum atomic E-state index is -0.774. The molecule has 1 aromatic rings. The molecule has 0 spiro atoms. The largest absolute Gasteiger partial charge is 0.292 e. The average Bonchev–Trinajstić information content (AvgIpc) is 2.27. The minimum absolute atomic E-state index is 0.0735. The van der Waals surface area contributed by atoms with Crippen LogP contribution >= 0.6 is 0 Å². The Morgan fingerprint density at radius 1 is 1.11 bits per heavy atom. The number of ketones is 1. The van der Waals surface area contributed by atoms with Gasteiger partial charge in [-0.3, -0.25) is 9.69 Å². The monoisotopic (exact) mass is 255 g/mol. The molecule has 0 heterocycles. The van der Waals surface area contributed by atoms with Gasteiger partial charge in [-0.1, -0.05) is 13.8 Å². The summed E-state index contributed by atoms with van der Waals surface area (Å²) in [7, 11) is 0. The lowest BCUT2D eigenvalue weighted by Gasteiger charge is -2.35. The van der Waals surface area contributed by atoms with Crippen LogP contribution in [-0.4, -0.2) is 29.3 Å². The van der Waals surface area contributed by atoms with E-state index in [-0.39, 0.29) is 11.3 Å². The van der Waals surface area contributed by atoms with E-state index in [1.54, 1.807) is 13.8 Å². The topological polar surface area (TPSA) is 20.3 Å². The summed E-state index contributed by atoms with van der Waals surface area (Å²) in [5.74, 6) is -1.73. The van der Waals surface area contributed by atoms with Crippen molar-refractivity contribution in [2.45, 2.75) is 33.2 Å². The zero-order chi connectivity index (χ0) is 13.9. The molecule has 2 nitrogen and oxygen atoms in total. The normalized spacial score (nSPS) is 11.9. The molecule has 0 aliphatic carbocycles. The molecule has 0 aromatic heterocycles. The molecule has 0 aliphatic heterocycles. The van der Waals surface area contributed by atoms with Crippen LogP contribution in [0.25, 0.3) is 0 Å². The van der Waals surface area contributed by atoms with Crippen LogP contribution in [0, 0.1) is 11.6 Å². The van der Waals surface area contributed by atoms with Crippen molar-refractivity contribution in [2.75, 3.05) is 13.1 Å². The Bertz CT molecular complexity index is 419. The van der Waals surface area contributed by atoms with Crippen LogP contribution in [0.3, 0.4) is 0 Å². The van der Waals surface area contributed by atoms with Gasteiger partial charge < -0.3 is 0 Å². The smallest absolute Gasteiger partial charge is 0.182 e. The molecule has 0 atom stereocenters. The molecule has 0 amide bonds. The first-order valence-corrected chi connectivity index (χ1v) is 6.08. The first-order chi connectivity index (χ1) is 8.32. The van der Waals surface area contributed by atoms with Crippen molar-refractivity contribution in [1.29, 1.82) is 0 Å². The summed E-state index contributed by atoms with van der Waals surface area (Å²) in [5, 5.41) is 0. The van der Waals surface area contributed by atoms with Crippen molar-refractivity contribution in [1.82, 2.24) is 4.90 Å². The number of benzene rings is 1. The number of Topliss-reactive ketones (excluding diaryl/α,β-unsaturated/α-hetero) is 1. The maximum absolute atomic E-state index is 13.1. The third-order valence-corrected chi connectivity index (χ3v) is 3.23. The molecule has 100 valence electrons. The number of carbonyl (C=O) groups is 1. The van der Waals surface area contributed by atoms with Crippen LogP contribution < -0.4 is 0 Å². The molecule has 4 heteroatoms. The van der Waals surface area contributed by atoms with Gasteiger partial charge in [-0.25, -0.2) is 8.78 Å². The van der Waals surface area contributed by atoms with Crippen LogP contribution in [0.1, 0.15) is 38.1 Å². The van der Waals surface area contributed by atoms with E-state index in [9.17, 15) is 13.6 Å². The summed E-state index contributed by atoms with van der Waals surface area (Å²) in [6, 6.07) is 2.93. The van der Waals surface area contributed by atoms with Crippen molar-refractivity contribution in [3.63, 3.8) is 0 Å². The highest BCUT2D eigenvalue weighted by Crippen LogP contribution is 2.21. The Labute approximate surface area is 107 Å². The summed E-state index contributed by atoms with van der Waals surface area (Å²) >= 11 is 0. The number of halogens is 2. The van der Waals surface area contributed by atoms with Crippen molar-refractivity contribution >= 4 is 5.78 Å². The first-order valence-electron chi connectivity index (χ1n) is 6.08. The highest BCUT2D eigenvalue weighted by atomic mass is 19.1. The van der Waals surface area contributed by atoms with E-state index in [4.69, 9.17) is 0 Å². The Hall–Kier alpha value is -1.29. The predicted octanol–water partition coefficient (Wildman–Crippen LogP) is 3.27. The van der Waals surface area contributed by atoms with Gasteiger partial charge in [-0.05, 0) is 39.1 Å². The summed E-state index contributed by atoms with van der Waals surface area (Å²) < 4.78 is 26.3. The van der Waals surface area contributed by atoms with Crippen LogP contribution in [0.5, 0.6) is 0 Å². The maximum Gasteiger partial charge on any atom is 0.182 e. The second kappa shape index (κ2) is 5.57.